The van der Waals surface area contributed by atoms with Gasteiger partial charge in [-0.25, -0.2) is 4.39 Å². The number of rotatable bonds is 5. The SMILES string of the molecule is O=C(NCC(c1ccco1)N1CCCCC1)c1cc2ccc(F)cc2s1. The second-order valence-electron chi connectivity index (χ2n) is 6.63. The monoisotopic (exact) mass is 372 g/mol. The van der Waals surface area contributed by atoms with Gasteiger partial charge in [-0.05, 0) is 61.6 Å². The van der Waals surface area contributed by atoms with E-state index in [2.05, 4.69) is 10.2 Å². The van der Waals surface area contributed by atoms with E-state index >= 15 is 0 Å². The molecule has 3 heterocycles. The lowest BCUT2D eigenvalue weighted by molar-refractivity contribution is 0.0918. The van der Waals surface area contributed by atoms with Crippen LogP contribution in [0.5, 0.6) is 0 Å². The lowest BCUT2D eigenvalue weighted by Gasteiger charge is -2.33. The fourth-order valence-corrected chi connectivity index (χ4v) is 4.52. The summed E-state index contributed by atoms with van der Waals surface area (Å²) in [5.41, 5.74) is 0. The zero-order chi connectivity index (χ0) is 17.9. The van der Waals surface area contributed by atoms with E-state index in [9.17, 15) is 9.18 Å². The average molecular weight is 372 g/mol. The van der Waals surface area contributed by atoms with Crippen molar-refractivity contribution in [2.75, 3.05) is 19.6 Å². The summed E-state index contributed by atoms with van der Waals surface area (Å²) in [5.74, 6) is 0.472. The van der Waals surface area contributed by atoms with Crippen LogP contribution in [0.3, 0.4) is 0 Å². The smallest absolute Gasteiger partial charge is 0.261 e. The largest absolute Gasteiger partial charge is 0.468 e. The van der Waals surface area contributed by atoms with Crippen LogP contribution in [0.25, 0.3) is 10.1 Å². The molecule has 1 aliphatic heterocycles. The Kier molecular flexibility index (Phi) is 5.04. The van der Waals surface area contributed by atoms with Crippen LogP contribution in [0.2, 0.25) is 0 Å². The van der Waals surface area contributed by atoms with Crippen molar-refractivity contribution in [1.29, 1.82) is 0 Å². The molecule has 1 unspecified atom stereocenters. The van der Waals surface area contributed by atoms with Crippen molar-refractivity contribution in [1.82, 2.24) is 10.2 Å². The van der Waals surface area contributed by atoms with E-state index < -0.39 is 0 Å². The number of hydrogen-bond acceptors (Lipinski definition) is 4. The lowest BCUT2D eigenvalue weighted by atomic mass is 10.1. The fraction of sp³-hybridized carbons (Fsp3) is 0.350. The summed E-state index contributed by atoms with van der Waals surface area (Å²) in [6.45, 7) is 2.53. The zero-order valence-corrected chi connectivity index (χ0v) is 15.2. The number of hydrogen-bond donors (Lipinski definition) is 1. The minimum Gasteiger partial charge on any atom is -0.468 e. The molecule has 1 aliphatic rings. The molecule has 6 heteroatoms. The highest BCUT2D eigenvalue weighted by Gasteiger charge is 2.25. The van der Waals surface area contributed by atoms with Gasteiger partial charge in [0.2, 0.25) is 0 Å². The van der Waals surface area contributed by atoms with E-state index in [1.165, 1.54) is 42.7 Å². The number of likely N-dealkylation sites (tertiary alicyclic amines) is 1. The maximum absolute atomic E-state index is 13.4. The molecule has 4 rings (SSSR count). The van der Waals surface area contributed by atoms with Crippen LogP contribution < -0.4 is 5.32 Å². The van der Waals surface area contributed by atoms with Gasteiger partial charge in [-0.3, -0.25) is 9.69 Å². The average Bonchev–Trinajstić information content (AvgIpc) is 3.32. The second-order valence-corrected chi connectivity index (χ2v) is 7.71. The van der Waals surface area contributed by atoms with Gasteiger partial charge < -0.3 is 9.73 Å². The summed E-state index contributed by atoms with van der Waals surface area (Å²) < 4.78 is 19.8. The molecule has 4 nitrogen and oxygen atoms in total. The normalized spacial score (nSPS) is 16.7. The van der Waals surface area contributed by atoms with Crippen LogP contribution in [0.4, 0.5) is 4.39 Å². The van der Waals surface area contributed by atoms with Gasteiger partial charge in [0.25, 0.3) is 5.91 Å². The number of carbonyl (C=O) groups excluding carboxylic acids is 1. The Morgan fingerprint density at radius 2 is 2.08 bits per heavy atom. The van der Waals surface area contributed by atoms with E-state index in [0.29, 0.717) is 11.4 Å². The maximum Gasteiger partial charge on any atom is 0.261 e. The Labute approximate surface area is 155 Å². The summed E-state index contributed by atoms with van der Waals surface area (Å²) >= 11 is 1.32. The molecule has 1 amide bonds. The number of thiophene rings is 1. The topological polar surface area (TPSA) is 45.5 Å². The Balaban J connectivity index is 1.48. The lowest BCUT2D eigenvalue weighted by Crippen LogP contribution is -2.40. The fourth-order valence-electron chi connectivity index (χ4n) is 3.51. The quantitative estimate of drug-likeness (QED) is 0.712. The zero-order valence-electron chi connectivity index (χ0n) is 14.4. The van der Waals surface area contributed by atoms with Crippen molar-refractivity contribution in [2.24, 2.45) is 0 Å². The number of nitrogens with one attached hydrogen (secondary N) is 1. The van der Waals surface area contributed by atoms with Crippen molar-refractivity contribution >= 4 is 27.3 Å². The number of carbonyl (C=O) groups is 1. The molecule has 0 radical (unpaired) electrons. The van der Waals surface area contributed by atoms with E-state index in [4.69, 9.17) is 4.42 Å². The first-order chi connectivity index (χ1) is 12.7. The molecule has 0 bridgehead atoms. The van der Waals surface area contributed by atoms with Gasteiger partial charge >= 0.3 is 0 Å². The summed E-state index contributed by atoms with van der Waals surface area (Å²) in [6.07, 6.45) is 5.28. The highest BCUT2D eigenvalue weighted by molar-refractivity contribution is 7.20. The van der Waals surface area contributed by atoms with Crippen LogP contribution >= 0.6 is 11.3 Å². The second kappa shape index (κ2) is 7.60. The Bertz CT molecular complexity index is 884. The van der Waals surface area contributed by atoms with Crippen LogP contribution in [-0.2, 0) is 0 Å². The molecule has 26 heavy (non-hydrogen) atoms. The molecular weight excluding hydrogens is 351 g/mol. The number of benzene rings is 1. The highest BCUT2D eigenvalue weighted by Crippen LogP contribution is 2.27. The number of fused-ring (bicyclic) bond motifs is 1. The van der Waals surface area contributed by atoms with Gasteiger partial charge in [-0.1, -0.05) is 12.5 Å². The highest BCUT2D eigenvalue weighted by atomic mass is 32.1. The van der Waals surface area contributed by atoms with E-state index in [-0.39, 0.29) is 17.8 Å². The van der Waals surface area contributed by atoms with Crippen molar-refractivity contribution in [3.63, 3.8) is 0 Å². The number of amides is 1. The third-order valence-electron chi connectivity index (χ3n) is 4.86. The molecule has 1 saturated heterocycles. The van der Waals surface area contributed by atoms with Gasteiger partial charge in [-0.15, -0.1) is 11.3 Å². The van der Waals surface area contributed by atoms with E-state index in [1.54, 1.807) is 12.3 Å². The third-order valence-corrected chi connectivity index (χ3v) is 5.96. The van der Waals surface area contributed by atoms with Crippen molar-refractivity contribution in [2.45, 2.75) is 25.3 Å². The molecule has 1 N–H and O–H groups in total. The van der Waals surface area contributed by atoms with Gasteiger partial charge in [0, 0.05) is 11.2 Å². The van der Waals surface area contributed by atoms with Gasteiger partial charge in [-0.2, -0.15) is 0 Å². The Morgan fingerprint density at radius 3 is 2.85 bits per heavy atom. The Hall–Kier alpha value is -2.18. The van der Waals surface area contributed by atoms with Crippen LogP contribution in [0, 0.1) is 5.82 Å². The third kappa shape index (κ3) is 3.66. The Morgan fingerprint density at radius 1 is 1.23 bits per heavy atom. The molecule has 1 aromatic carbocycles. The maximum atomic E-state index is 13.4. The molecular formula is C20H21FN2O2S. The minimum absolute atomic E-state index is 0.0427. The molecule has 2 aromatic heterocycles. The number of nitrogens with zero attached hydrogens (tertiary/aromatic N) is 1. The molecule has 3 aromatic rings. The summed E-state index contributed by atoms with van der Waals surface area (Å²) in [5, 5.41) is 3.93. The predicted octanol–water partition coefficient (Wildman–Crippen LogP) is 4.59. The number of furan rings is 1. The summed E-state index contributed by atoms with van der Waals surface area (Å²) in [6, 6.07) is 10.3. The van der Waals surface area contributed by atoms with Crippen molar-refractivity contribution in [3.05, 3.63) is 59.1 Å². The molecule has 0 spiro atoms. The number of halogens is 1. The van der Waals surface area contributed by atoms with Crippen LogP contribution in [-0.4, -0.2) is 30.4 Å². The standard InChI is InChI=1S/C20H21FN2O2S/c21-15-7-6-14-11-19(26-18(14)12-15)20(24)22-13-16(17-5-4-10-25-17)23-8-2-1-3-9-23/h4-7,10-12,16H,1-3,8-9,13H2,(H,22,24). The van der Waals surface area contributed by atoms with Crippen LogP contribution in [0.1, 0.15) is 40.7 Å². The predicted molar refractivity (Wildman–Crippen MR) is 101 cm³/mol. The summed E-state index contributed by atoms with van der Waals surface area (Å²) in [4.78, 5) is 15.6. The van der Waals surface area contributed by atoms with Crippen molar-refractivity contribution in [3.8, 4) is 0 Å². The van der Waals surface area contributed by atoms with Gasteiger partial charge in [0.15, 0.2) is 0 Å². The molecule has 0 saturated carbocycles. The molecule has 1 atom stereocenters. The summed E-state index contributed by atoms with van der Waals surface area (Å²) in [7, 11) is 0. The van der Waals surface area contributed by atoms with Crippen LogP contribution in [0.15, 0.2) is 47.1 Å². The van der Waals surface area contributed by atoms with Crippen molar-refractivity contribution < 1.29 is 13.6 Å². The molecule has 136 valence electrons. The van der Waals surface area contributed by atoms with E-state index in [0.717, 1.165) is 28.9 Å². The minimum atomic E-state index is -0.283. The van der Waals surface area contributed by atoms with Gasteiger partial charge in [0.1, 0.15) is 11.6 Å². The first kappa shape index (κ1) is 17.2. The first-order valence-corrected chi connectivity index (χ1v) is 9.77. The van der Waals surface area contributed by atoms with Gasteiger partial charge in [0.05, 0.1) is 17.2 Å². The van der Waals surface area contributed by atoms with E-state index in [1.807, 2.05) is 18.2 Å². The molecule has 1 fully saturated rings. The number of piperidine rings is 1. The first-order valence-electron chi connectivity index (χ1n) is 8.95. The molecule has 0 aliphatic carbocycles.